The Morgan fingerprint density at radius 2 is 2.21 bits per heavy atom. The van der Waals surface area contributed by atoms with Crippen molar-refractivity contribution >= 4 is 17.5 Å². The second-order valence-electron chi connectivity index (χ2n) is 4.29. The summed E-state index contributed by atoms with van der Waals surface area (Å²) in [5, 5.41) is 3.06. The third-order valence-electron chi connectivity index (χ3n) is 2.77. The van der Waals surface area contributed by atoms with E-state index in [0.29, 0.717) is 12.5 Å². The van der Waals surface area contributed by atoms with E-state index in [4.69, 9.17) is 11.6 Å². The van der Waals surface area contributed by atoms with Crippen molar-refractivity contribution in [3.05, 3.63) is 0 Å². The number of nitrogens with one attached hydrogen (secondary N) is 1. The SMILES string of the molecule is CCCC(C)C(=O)NCC(Cl)C1CC1. The molecular formula is C11H20ClNO. The Balaban J connectivity index is 2.12. The molecule has 1 N–H and O–H groups in total. The fourth-order valence-corrected chi connectivity index (χ4v) is 1.89. The summed E-state index contributed by atoms with van der Waals surface area (Å²) in [7, 11) is 0. The molecule has 0 aliphatic heterocycles. The van der Waals surface area contributed by atoms with E-state index in [1.807, 2.05) is 6.92 Å². The molecule has 82 valence electrons. The number of carbonyl (C=O) groups is 1. The van der Waals surface area contributed by atoms with E-state index in [2.05, 4.69) is 12.2 Å². The van der Waals surface area contributed by atoms with E-state index in [1.165, 1.54) is 12.8 Å². The first kappa shape index (κ1) is 11.8. The summed E-state index contributed by atoms with van der Waals surface area (Å²) in [6, 6.07) is 0. The molecule has 1 amide bonds. The Morgan fingerprint density at radius 3 is 2.71 bits per heavy atom. The van der Waals surface area contributed by atoms with Gasteiger partial charge in [0, 0.05) is 12.5 Å². The zero-order chi connectivity index (χ0) is 10.6. The van der Waals surface area contributed by atoms with Gasteiger partial charge < -0.3 is 5.32 Å². The second kappa shape index (κ2) is 5.59. The standard InChI is InChI=1S/C11H20ClNO/c1-3-4-8(2)11(14)13-7-10(12)9-5-6-9/h8-10H,3-7H2,1-2H3,(H,13,14). The van der Waals surface area contributed by atoms with E-state index >= 15 is 0 Å². The normalized spacial score (nSPS) is 20.2. The van der Waals surface area contributed by atoms with E-state index in [0.717, 1.165) is 12.8 Å². The maximum absolute atomic E-state index is 11.5. The van der Waals surface area contributed by atoms with Crippen molar-refractivity contribution in [3.8, 4) is 0 Å². The van der Waals surface area contributed by atoms with Crippen LogP contribution >= 0.6 is 11.6 Å². The molecule has 1 fully saturated rings. The van der Waals surface area contributed by atoms with Crippen LogP contribution in [0.25, 0.3) is 0 Å². The second-order valence-corrected chi connectivity index (χ2v) is 4.85. The highest BCUT2D eigenvalue weighted by Crippen LogP contribution is 2.35. The molecule has 0 aromatic rings. The first-order valence-electron chi connectivity index (χ1n) is 5.57. The number of hydrogen-bond donors (Lipinski definition) is 1. The van der Waals surface area contributed by atoms with Crippen LogP contribution in [0.15, 0.2) is 0 Å². The molecule has 2 atom stereocenters. The summed E-state index contributed by atoms with van der Waals surface area (Å²) in [6.45, 7) is 4.70. The highest BCUT2D eigenvalue weighted by molar-refractivity contribution is 6.21. The van der Waals surface area contributed by atoms with Gasteiger partial charge in [-0.15, -0.1) is 11.6 Å². The summed E-state index contributed by atoms with van der Waals surface area (Å²) in [6.07, 6.45) is 4.48. The summed E-state index contributed by atoms with van der Waals surface area (Å²) in [5.74, 6) is 0.930. The van der Waals surface area contributed by atoms with E-state index in [-0.39, 0.29) is 17.2 Å². The molecule has 0 heterocycles. The molecule has 0 aromatic heterocycles. The summed E-state index contributed by atoms with van der Waals surface area (Å²) in [5.41, 5.74) is 0. The van der Waals surface area contributed by atoms with Crippen LogP contribution in [0.3, 0.4) is 0 Å². The van der Waals surface area contributed by atoms with Gasteiger partial charge in [0.25, 0.3) is 0 Å². The Morgan fingerprint density at radius 1 is 1.57 bits per heavy atom. The number of carbonyl (C=O) groups excluding carboxylic acids is 1. The summed E-state index contributed by atoms with van der Waals surface area (Å²) < 4.78 is 0. The lowest BCUT2D eigenvalue weighted by Gasteiger charge is -2.13. The van der Waals surface area contributed by atoms with Gasteiger partial charge in [0.05, 0.1) is 5.38 Å². The maximum Gasteiger partial charge on any atom is 0.222 e. The van der Waals surface area contributed by atoms with Crippen LogP contribution in [0.1, 0.15) is 39.5 Å². The molecule has 0 saturated heterocycles. The Bertz CT molecular complexity index is 192. The van der Waals surface area contributed by atoms with Gasteiger partial charge in [0.2, 0.25) is 5.91 Å². The lowest BCUT2D eigenvalue weighted by atomic mass is 10.1. The maximum atomic E-state index is 11.5. The first-order valence-corrected chi connectivity index (χ1v) is 6.00. The molecule has 0 bridgehead atoms. The molecule has 1 aliphatic carbocycles. The molecule has 2 unspecified atom stereocenters. The van der Waals surface area contributed by atoms with Crippen molar-refractivity contribution in [2.75, 3.05) is 6.54 Å². The number of hydrogen-bond acceptors (Lipinski definition) is 1. The van der Waals surface area contributed by atoms with Crippen LogP contribution in [0.4, 0.5) is 0 Å². The van der Waals surface area contributed by atoms with Crippen molar-refractivity contribution in [2.24, 2.45) is 11.8 Å². The van der Waals surface area contributed by atoms with Gasteiger partial charge in [0.15, 0.2) is 0 Å². The van der Waals surface area contributed by atoms with Crippen LogP contribution in [-0.2, 0) is 4.79 Å². The third kappa shape index (κ3) is 3.87. The third-order valence-corrected chi connectivity index (χ3v) is 3.28. The van der Waals surface area contributed by atoms with Gasteiger partial charge in [0.1, 0.15) is 0 Å². The lowest BCUT2D eigenvalue weighted by molar-refractivity contribution is -0.124. The predicted octanol–water partition coefficient (Wildman–Crippen LogP) is 2.56. The van der Waals surface area contributed by atoms with E-state index in [9.17, 15) is 4.79 Å². The molecule has 0 aromatic carbocycles. The largest absolute Gasteiger partial charge is 0.354 e. The molecular weight excluding hydrogens is 198 g/mol. The highest BCUT2D eigenvalue weighted by Gasteiger charge is 2.29. The Labute approximate surface area is 91.4 Å². The van der Waals surface area contributed by atoms with E-state index in [1.54, 1.807) is 0 Å². The van der Waals surface area contributed by atoms with Crippen molar-refractivity contribution in [2.45, 2.75) is 44.9 Å². The molecule has 0 spiro atoms. The fourth-order valence-electron chi connectivity index (χ4n) is 1.56. The molecule has 3 heteroatoms. The van der Waals surface area contributed by atoms with Gasteiger partial charge in [-0.25, -0.2) is 0 Å². The molecule has 1 saturated carbocycles. The zero-order valence-electron chi connectivity index (χ0n) is 9.05. The minimum absolute atomic E-state index is 0.128. The molecule has 1 aliphatic rings. The average Bonchev–Trinajstić information content (AvgIpc) is 2.97. The van der Waals surface area contributed by atoms with Gasteiger partial charge >= 0.3 is 0 Å². The Kier molecular flexibility index (Phi) is 4.73. The van der Waals surface area contributed by atoms with Crippen LogP contribution in [0.2, 0.25) is 0 Å². The van der Waals surface area contributed by atoms with Crippen LogP contribution in [0.5, 0.6) is 0 Å². The smallest absolute Gasteiger partial charge is 0.222 e. The number of alkyl halides is 1. The average molecular weight is 218 g/mol. The predicted molar refractivity (Wildman–Crippen MR) is 59.4 cm³/mol. The van der Waals surface area contributed by atoms with Crippen molar-refractivity contribution in [1.29, 1.82) is 0 Å². The minimum Gasteiger partial charge on any atom is -0.354 e. The molecule has 0 radical (unpaired) electrons. The number of rotatable bonds is 6. The van der Waals surface area contributed by atoms with E-state index < -0.39 is 0 Å². The Hall–Kier alpha value is -0.240. The molecule has 14 heavy (non-hydrogen) atoms. The van der Waals surface area contributed by atoms with Crippen molar-refractivity contribution in [3.63, 3.8) is 0 Å². The zero-order valence-corrected chi connectivity index (χ0v) is 9.81. The quantitative estimate of drug-likeness (QED) is 0.681. The van der Waals surface area contributed by atoms with Gasteiger partial charge in [-0.1, -0.05) is 20.3 Å². The highest BCUT2D eigenvalue weighted by atomic mass is 35.5. The van der Waals surface area contributed by atoms with Gasteiger partial charge in [-0.2, -0.15) is 0 Å². The number of halogens is 1. The van der Waals surface area contributed by atoms with Crippen LogP contribution in [-0.4, -0.2) is 17.8 Å². The van der Waals surface area contributed by atoms with Crippen LogP contribution in [0, 0.1) is 11.8 Å². The molecule has 2 nitrogen and oxygen atoms in total. The number of amides is 1. The van der Waals surface area contributed by atoms with Gasteiger partial charge in [-0.3, -0.25) is 4.79 Å². The lowest BCUT2D eigenvalue weighted by Crippen LogP contribution is -2.34. The minimum atomic E-state index is 0.128. The van der Waals surface area contributed by atoms with Gasteiger partial charge in [-0.05, 0) is 25.2 Å². The molecule has 1 rings (SSSR count). The summed E-state index contributed by atoms with van der Waals surface area (Å²) in [4.78, 5) is 11.5. The van der Waals surface area contributed by atoms with Crippen molar-refractivity contribution in [1.82, 2.24) is 5.32 Å². The monoisotopic (exact) mass is 217 g/mol. The van der Waals surface area contributed by atoms with Crippen LogP contribution < -0.4 is 5.32 Å². The first-order chi connectivity index (χ1) is 6.65. The topological polar surface area (TPSA) is 29.1 Å². The van der Waals surface area contributed by atoms with Crippen molar-refractivity contribution < 1.29 is 4.79 Å². The fraction of sp³-hybridized carbons (Fsp3) is 0.909. The summed E-state index contributed by atoms with van der Waals surface area (Å²) >= 11 is 6.09.